The van der Waals surface area contributed by atoms with E-state index >= 15 is 0 Å². The van der Waals surface area contributed by atoms with Gasteiger partial charge in [-0.15, -0.1) is 0 Å². The lowest BCUT2D eigenvalue weighted by Crippen LogP contribution is -2.12. The van der Waals surface area contributed by atoms with Crippen molar-refractivity contribution in [2.45, 2.75) is 33.3 Å². The van der Waals surface area contributed by atoms with Gasteiger partial charge in [0.1, 0.15) is 0 Å². The van der Waals surface area contributed by atoms with Crippen molar-refractivity contribution < 1.29 is 23.8 Å². The van der Waals surface area contributed by atoms with Crippen LogP contribution in [0.5, 0.6) is 0 Å². The lowest BCUT2D eigenvalue weighted by atomic mass is 10.1. The van der Waals surface area contributed by atoms with Crippen LogP contribution < -0.4 is 10.6 Å². The van der Waals surface area contributed by atoms with Gasteiger partial charge in [-0.2, -0.15) is 0 Å². The number of hydrogen-bond acceptors (Lipinski definition) is 8. The third kappa shape index (κ3) is 7.20. The molecule has 0 spiro atoms. The average Bonchev–Trinajstić information content (AvgIpc) is 2.91. The molecule has 4 aromatic rings. The molecule has 0 amide bonds. The Morgan fingerprint density at radius 3 is 2.05 bits per heavy atom. The molecule has 0 saturated carbocycles. The van der Waals surface area contributed by atoms with Gasteiger partial charge in [-0.3, -0.25) is 9.59 Å². The van der Waals surface area contributed by atoms with Crippen molar-refractivity contribution >= 4 is 50.8 Å². The maximum Gasteiger partial charge on any atom is 0.308 e. The molecular weight excluding hydrogens is 482 g/mol. The molecule has 0 aliphatic heterocycles. The molecule has 2 N–H and O–H groups in total. The van der Waals surface area contributed by atoms with Crippen LogP contribution in [0.1, 0.15) is 32.3 Å². The van der Waals surface area contributed by atoms with Crippen LogP contribution >= 0.6 is 0 Å². The topological polar surface area (TPSA) is 98.8 Å². The van der Waals surface area contributed by atoms with E-state index in [1.54, 1.807) is 13.8 Å². The van der Waals surface area contributed by atoms with E-state index in [4.69, 9.17) is 19.2 Å². The van der Waals surface area contributed by atoms with Crippen molar-refractivity contribution in [2.75, 3.05) is 37.0 Å². The first-order valence-electron chi connectivity index (χ1n) is 12.9. The number of hydrogen-bond donors (Lipinski definition) is 2. The summed E-state index contributed by atoms with van der Waals surface area (Å²) in [4.78, 5) is 28.2. The third-order valence-electron chi connectivity index (χ3n) is 5.84. The second kappa shape index (κ2) is 13.4. The van der Waals surface area contributed by atoms with Crippen molar-refractivity contribution in [3.63, 3.8) is 0 Å². The molecule has 0 bridgehead atoms. The summed E-state index contributed by atoms with van der Waals surface area (Å²) in [6.07, 6.45) is 0.460. The molecule has 0 aliphatic carbocycles. The lowest BCUT2D eigenvalue weighted by molar-refractivity contribution is -0.144. The summed E-state index contributed by atoms with van der Waals surface area (Å²) in [7, 11) is 0. The van der Waals surface area contributed by atoms with Gasteiger partial charge in [0.2, 0.25) is 0 Å². The highest BCUT2D eigenvalue weighted by Gasteiger charge is 2.11. The normalized spacial score (nSPS) is 10.9. The van der Waals surface area contributed by atoms with Gasteiger partial charge >= 0.3 is 11.9 Å². The van der Waals surface area contributed by atoms with E-state index in [-0.39, 0.29) is 31.4 Å². The number of ether oxygens (including phenoxy) is 3. The molecule has 198 valence electrons. The van der Waals surface area contributed by atoms with Crippen LogP contribution in [0.4, 0.5) is 17.1 Å². The molecule has 0 radical (unpaired) electrons. The number of para-hydroxylation sites is 2. The highest BCUT2D eigenvalue weighted by molar-refractivity contribution is 6.08. The summed E-state index contributed by atoms with van der Waals surface area (Å²) in [5, 5.41) is 8.96. The molecule has 8 nitrogen and oxygen atoms in total. The van der Waals surface area contributed by atoms with Crippen LogP contribution in [0.3, 0.4) is 0 Å². The van der Waals surface area contributed by atoms with Crippen LogP contribution in [-0.2, 0) is 30.4 Å². The maximum atomic E-state index is 11.8. The van der Waals surface area contributed by atoms with Crippen LogP contribution in [-0.4, -0.2) is 43.3 Å². The minimum absolute atomic E-state index is 0.200. The second-order valence-corrected chi connectivity index (χ2v) is 8.65. The summed E-state index contributed by atoms with van der Waals surface area (Å²) in [5.74, 6) is -0.521. The molecule has 1 heterocycles. The Morgan fingerprint density at radius 1 is 0.789 bits per heavy atom. The van der Waals surface area contributed by atoms with Crippen LogP contribution in [0, 0.1) is 0 Å². The van der Waals surface area contributed by atoms with E-state index in [1.807, 2.05) is 54.6 Å². The van der Waals surface area contributed by atoms with Crippen molar-refractivity contribution in [2.24, 2.45) is 0 Å². The summed E-state index contributed by atoms with van der Waals surface area (Å²) in [5.41, 5.74) is 5.38. The molecule has 38 heavy (non-hydrogen) atoms. The molecule has 3 aromatic carbocycles. The standard InChI is InChI=1S/C30H33N3O5/c1-3-37-28(34)13-15-31-22-17-21(20-36-16-14-29(35)38-4-2)18-23(19-22)32-30-24-9-5-7-11-26(24)33-27-12-8-6-10-25(27)30/h5-12,17-19,31H,3-4,13-16,20H2,1-2H3,(H,32,33). The monoisotopic (exact) mass is 515 g/mol. The number of carbonyl (C=O) groups is 2. The quantitative estimate of drug-likeness (QED) is 0.128. The van der Waals surface area contributed by atoms with Crippen molar-refractivity contribution in [1.29, 1.82) is 0 Å². The molecule has 1 aromatic heterocycles. The zero-order valence-corrected chi connectivity index (χ0v) is 21.8. The van der Waals surface area contributed by atoms with E-state index in [1.165, 1.54) is 0 Å². The van der Waals surface area contributed by atoms with Gasteiger partial charge in [0.15, 0.2) is 0 Å². The highest BCUT2D eigenvalue weighted by Crippen LogP contribution is 2.34. The predicted molar refractivity (Wildman–Crippen MR) is 150 cm³/mol. The fourth-order valence-electron chi connectivity index (χ4n) is 4.19. The zero-order valence-electron chi connectivity index (χ0n) is 21.8. The Morgan fingerprint density at radius 2 is 1.39 bits per heavy atom. The zero-order chi connectivity index (χ0) is 26.7. The van der Waals surface area contributed by atoms with Gasteiger partial charge in [-0.25, -0.2) is 4.98 Å². The fourth-order valence-corrected chi connectivity index (χ4v) is 4.19. The number of nitrogens with zero attached hydrogens (tertiary/aromatic N) is 1. The molecule has 8 heteroatoms. The van der Waals surface area contributed by atoms with Crippen LogP contribution in [0.15, 0.2) is 66.7 Å². The Hall–Kier alpha value is -4.17. The Balaban J connectivity index is 1.59. The van der Waals surface area contributed by atoms with Crippen LogP contribution in [0.25, 0.3) is 21.8 Å². The number of anilines is 3. The van der Waals surface area contributed by atoms with Crippen molar-refractivity contribution in [3.05, 3.63) is 72.3 Å². The molecule has 0 fully saturated rings. The number of aromatic nitrogens is 1. The minimum atomic E-state index is -0.277. The van der Waals surface area contributed by atoms with Crippen LogP contribution in [0.2, 0.25) is 0 Å². The minimum Gasteiger partial charge on any atom is -0.466 e. The number of nitrogens with one attached hydrogen (secondary N) is 2. The second-order valence-electron chi connectivity index (χ2n) is 8.65. The summed E-state index contributed by atoms with van der Waals surface area (Å²) >= 11 is 0. The van der Waals surface area contributed by atoms with Gasteiger partial charge in [-0.05, 0) is 49.7 Å². The molecule has 4 rings (SSSR count). The van der Waals surface area contributed by atoms with Gasteiger partial charge < -0.3 is 24.8 Å². The first kappa shape index (κ1) is 26.9. The number of pyridine rings is 1. The lowest BCUT2D eigenvalue weighted by Gasteiger charge is -2.16. The molecular formula is C30H33N3O5. The Bertz CT molecular complexity index is 1350. The first-order chi connectivity index (χ1) is 18.6. The smallest absolute Gasteiger partial charge is 0.308 e. The Kier molecular flexibility index (Phi) is 9.48. The van der Waals surface area contributed by atoms with Gasteiger partial charge in [0.05, 0.1) is 56.0 Å². The predicted octanol–water partition coefficient (Wildman–Crippen LogP) is 5.97. The van der Waals surface area contributed by atoms with Gasteiger partial charge in [0.25, 0.3) is 0 Å². The number of rotatable bonds is 13. The maximum absolute atomic E-state index is 11.8. The Labute approximate surface area is 222 Å². The first-order valence-corrected chi connectivity index (χ1v) is 12.9. The largest absolute Gasteiger partial charge is 0.466 e. The summed E-state index contributed by atoms with van der Waals surface area (Å²) in [6, 6.07) is 22.1. The van der Waals surface area contributed by atoms with E-state index in [0.29, 0.717) is 26.4 Å². The van der Waals surface area contributed by atoms with Crippen molar-refractivity contribution in [3.8, 4) is 0 Å². The number of benzene rings is 3. The summed E-state index contributed by atoms with van der Waals surface area (Å²) in [6.45, 7) is 5.31. The molecule has 0 aliphatic rings. The van der Waals surface area contributed by atoms with Gasteiger partial charge in [0, 0.05) is 28.7 Å². The highest BCUT2D eigenvalue weighted by atomic mass is 16.5. The number of esters is 2. The number of fused-ring (bicyclic) bond motifs is 2. The molecule has 0 saturated heterocycles. The molecule has 0 unspecified atom stereocenters. The average molecular weight is 516 g/mol. The van der Waals surface area contributed by atoms with E-state index in [9.17, 15) is 9.59 Å². The third-order valence-corrected chi connectivity index (χ3v) is 5.84. The van der Waals surface area contributed by atoms with E-state index in [2.05, 4.69) is 22.8 Å². The SMILES string of the molecule is CCOC(=O)CCNc1cc(COCCC(=O)OCC)cc(Nc2c3ccccc3nc3ccccc23)c1. The van der Waals surface area contributed by atoms with E-state index < -0.39 is 0 Å². The molecule has 0 atom stereocenters. The van der Waals surface area contributed by atoms with Crippen molar-refractivity contribution in [1.82, 2.24) is 4.98 Å². The van der Waals surface area contributed by atoms with E-state index in [0.717, 1.165) is 44.4 Å². The fraction of sp³-hybridized carbons (Fsp3) is 0.300. The van der Waals surface area contributed by atoms with Gasteiger partial charge in [-0.1, -0.05) is 36.4 Å². The summed E-state index contributed by atoms with van der Waals surface area (Å²) < 4.78 is 15.8. The number of carbonyl (C=O) groups excluding carboxylic acids is 2.